The number of amides is 3. The van der Waals surface area contributed by atoms with Crippen LogP contribution in [0.2, 0.25) is 0 Å². The summed E-state index contributed by atoms with van der Waals surface area (Å²) in [4.78, 5) is 42.3. The number of benzene rings is 1. The van der Waals surface area contributed by atoms with Gasteiger partial charge in [0.05, 0.1) is 18.7 Å². The number of carbonyl (C=O) groups is 3. The molecule has 1 atom stereocenters. The van der Waals surface area contributed by atoms with Crippen molar-refractivity contribution in [3.05, 3.63) is 27.8 Å². The topological polar surface area (TPSA) is 76.2 Å². The van der Waals surface area contributed by atoms with E-state index in [9.17, 15) is 14.4 Å². The van der Waals surface area contributed by atoms with Crippen LogP contribution in [-0.2, 0) is 23.9 Å². The zero-order valence-electron chi connectivity index (χ0n) is 18.3. The molecule has 3 rings (SSSR count). The molecule has 7 nitrogen and oxygen atoms in total. The Morgan fingerprint density at radius 1 is 1.13 bits per heavy atom. The van der Waals surface area contributed by atoms with E-state index in [2.05, 4.69) is 50.3 Å². The van der Waals surface area contributed by atoms with E-state index in [0.29, 0.717) is 5.69 Å². The Balaban J connectivity index is 1.92. The predicted octanol–water partition coefficient (Wildman–Crippen LogP) is 3.05. The van der Waals surface area contributed by atoms with E-state index in [1.807, 2.05) is 12.1 Å². The van der Waals surface area contributed by atoms with Crippen molar-refractivity contribution in [2.24, 2.45) is 16.7 Å². The molecule has 1 aliphatic heterocycles. The van der Waals surface area contributed by atoms with Gasteiger partial charge in [0, 0.05) is 23.7 Å². The molecule has 1 aromatic carbocycles. The molecule has 2 aliphatic rings. The van der Waals surface area contributed by atoms with Gasteiger partial charge in [-0.05, 0) is 57.7 Å². The summed E-state index contributed by atoms with van der Waals surface area (Å²) >= 11 is 2.17. The zero-order chi connectivity index (χ0) is 22.4. The number of nitrogens with zero attached hydrogens (tertiary/aromatic N) is 2. The number of hydrogen-bond acceptors (Lipinski definition) is 5. The number of methoxy groups -OCH3 is 2. The van der Waals surface area contributed by atoms with Gasteiger partial charge in [0.2, 0.25) is 11.8 Å². The molecule has 1 aliphatic carbocycles. The minimum absolute atomic E-state index is 0.0513. The molecular weight excluding hydrogens is 499 g/mol. The maximum absolute atomic E-state index is 13.6. The van der Waals surface area contributed by atoms with E-state index in [1.165, 1.54) is 24.0 Å². The molecule has 1 saturated heterocycles. The van der Waals surface area contributed by atoms with Gasteiger partial charge in [0.15, 0.2) is 6.29 Å². The second-order valence-corrected chi connectivity index (χ2v) is 10.3. The highest BCUT2D eigenvalue weighted by Gasteiger charge is 2.69. The van der Waals surface area contributed by atoms with Crippen molar-refractivity contribution in [1.82, 2.24) is 4.90 Å². The van der Waals surface area contributed by atoms with E-state index >= 15 is 0 Å². The predicted molar refractivity (Wildman–Crippen MR) is 121 cm³/mol. The third-order valence-corrected chi connectivity index (χ3v) is 7.73. The van der Waals surface area contributed by atoms with Gasteiger partial charge in [0.25, 0.3) is 5.91 Å². The van der Waals surface area contributed by atoms with E-state index in [1.54, 1.807) is 12.1 Å². The summed E-state index contributed by atoms with van der Waals surface area (Å²) < 4.78 is 11.6. The largest absolute Gasteiger partial charge is 0.354 e. The number of carbonyl (C=O) groups excluding carboxylic acids is 3. The minimum Gasteiger partial charge on any atom is -0.354 e. The van der Waals surface area contributed by atoms with Crippen molar-refractivity contribution in [3.63, 3.8) is 0 Å². The Labute approximate surface area is 191 Å². The van der Waals surface area contributed by atoms with Crippen LogP contribution in [0.1, 0.15) is 34.1 Å². The van der Waals surface area contributed by atoms with Gasteiger partial charge < -0.3 is 14.4 Å². The molecule has 164 valence electrons. The van der Waals surface area contributed by atoms with Crippen LogP contribution in [0.25, 0.3) is 0 Å². The average molecular weight is 528 g/mol. The molecule has 1 heterocycles. The lowest BCUT2D eigenvalue weighted by atomic mass is 10.0. The first-order valence-electron chi connectivity index (χ1n) is 9.95. The Kier molecular flexibility index (Phi) is 6.33. The Hall–Kier alpha value is -1.52. The second kappa shape index (κ2) is 8.20. The maximum Gasteiger partial charge on any atom is 0.257 e. The summed E-state index contributed by atoms with van der Waals surface area (Å²) in [6.07, 6.45) is -0.737. The lowest BCUT2D eigenvalue weighted by Gasteiger charge is -2.31. The van der Waals surface area contributed by atoms with Crippen molar-refractivity contribution in [3.8, 4) is 0 Å². The van der Waals surface area contributed by atoms with Gasteiger partial charge in [-0.1, -0.05) is 27.7 Å². The van der Waals surface area contributed by atoms with E-state index in [-0.39, 0.29) is 41.5 Å². The molecule has 8 heteroatoms. The minimum atomic E-state index is -0.871. The van der Waals surface area contributed by atoms with Gasteiger partial charge in [0.1, 0.15) is 6.04 Å². The van der Waals surface area contributed by atoms with Gasteiger partial charge in [-0.25, -0.2) is 4.90 Å². The standard InChI is InChI=1S/C22H29IN2O5/c1-21(2)18(22(21,3)4)20(28)24(12-17(29-5)30-6)15-11-16(26)25(19(15)27)14-9-7-13(23)8-10-14/h7-10,15,17-18H,11-12H2,1-6H3. The molecule has 0 radical (unpaired) electrons. The molecule has 0 N–H and O–H groups in total. The third kappa shape index (κ3) is 3.78. The lowest BCUT2D eigenvalue weighted by molar-refractivity contribution is -0.154. The summed E-state index contributed by atoms with van der Waals surface area (Å²) in [6.45, 7) is 8.29. The molecule has 0 spiro atoms. The molecule has 1 unspecified atom stereocenters. The van der Waals surface area contributed by atoms with Gasteiger partial charge >= 0.3 is 0 Å². The first kappa shape index (κ1) is 23.1. The second-order valence-electron chi connectivity index (χ2n) is 9.03. The Morgan fingerprint density at radius 2 is 1.67 bits per heavy atom. The number of ether oxygens (including phenoxy) is 2. The zero-order valence-corrected chi connectivity index (χ0v) is 20.4. The molecule has 1 aromatic rings. The van der Waals surface area contributed by atoms with Crippen LogP contribution in [0.3, 0.4) is 0 Å². The van der Waals surface area contributed by atoms with Crippen LogP contribution in [0, 0.1) is 20.3 Å². The van der Waals surface area contributed by atoms with Crippen LogP contribution in [-0.4, -0.2) is 55.7 Å². The Bertz CT molecular complexity index is 834. The fraction of sp³-hybridized carbons (Fsp3) is 0.591. The van der Waals surface area contributed by atoms with Crippen molar-refractivity contribution in [2.45, 2.75) is 46.4 Å². The highest BCUT2D eigenvalue weighted by Crippen LogP contribution is 2.69. The molecule has 2 fully saturated rings. The van der Waals surface area contributed by atoms with Gasteiger partial charge in [-0.15, -0.1) is 0 Å². The normalized spacial score (nSPS) is 22.7. The number of hydrogen-bond donors (Lipinski definition) is 0. The number of halogens is 1. The maximum atomic E-state index is 13.6. The highest BCUT2D eigenvalue weighted by molar-refractivity contribution is 14.1. The van der Waals surface area contributed by atoms with Crippen molar-refractivity contribution >= 4 is 46.0 Å². The highest BCUT2D eigenvalue weighted by atomic mass is 127. The van der Waals surface area contributed by atoms with Gasteiger partial charge in [-0.3, -0.25) is 14.4 Å². The Morgan fingerprint density at radius 3 is 2.13 bits per heavy atom. The molecule has 1 saturated carbocycles. The van der Waals surface area contributed by atoms with E-state index < -0.39 is 18.2 Å². The number of anilines is 1. The summed E-state index contributed by atoms with van der Waals surface area (Å²) in [5.41, 5.74) is 0.126. The summed E-state index contributed by atoms with van der Waals surface area (Å²) in [6, 6.07) is 6.30. The van der Waals surface area contributed by atoms with E-state index in [4.69, 9.17) is 9.47 Å². The van der Waals surface area contributed by atoms with Crippen LogP contribution in [0.15, 0.2) is 24.3 Å². The number of rotatable bonds is 7. The smallest absolute Gasteiger partial charge is 0.257 e. The summed E-state index contributed by atoms with van der Waals surface area (Å²) in [5.74, 6) is -1.09. The molecule has 0 bridgehead atoms. The van der Waals surface area contributed by atoms with Crippen molar-refractivity contribution in [1.29, 1.82) is 0 Å². The fourth-order valence-electron chi connectivity index (χ4n) is 4.48. The summed E-state index contributed by atoms with van der Waals surface area (Å²) in [7, 11) is 2.97. The van der Waals surface area contributed by atoms with Crippen LogP contribution >= 0.6 is 22.6 Å². The van der Waals surface area contributed by atoms with Crippen molar-refractivity contribution < 1.29 is 23.9 Å². The monoisotopic (exact) mass is 528 g/mol. The molecule has 0 aromatic heterocycles. The quantitative estimate of drug-likeness (QED) is 0.309. The van der Waals surface area contributed by atoms with Crippen LogP contribution in [0.4, 0.5) is 5.69 Å². The van der Waals surface area contributed by atoms with Crippen LogP contribution in [0.5, 0.6) is 0 Å². The molecule has 30 heavy (non-hydrogen) atoms. The molecule has 3 amide bonds. The first-order chi connectivity index (χ1) is 14.0. The van der Waals surface area contributed by atoms with Crippen molar-refractivity contribution in [2.75, 3.05) is 25.7 Å². The van der Waals surface area contributed by atoms with E-state index in [0.717, 1.165) is 3.57 Å². The third-order valence-electron chi connectivity index (χ3n) is 7.01. The van der Waals surface area contributed by atoms with Gasteiger partial charge in [-0.2, -0.15) is 0 Å². The van der Waals surface area contributed by atoms with Crippen LogP contribution < -0.4 is 4.90 Å². The lowest BCUT2D eigenvalue weighted by Crippen LogP contribution is -2.50. The fourth-order valence-corrected chi connectivity index (χ4v) is 4.84. The first-order valence-corrected chi connectivity index (χ1v) is 11.0. The summed E-state index contributed by atoms with van der Waals surface area (Å²) in [5, 5.41) is 0. The number of imide groups is 1. The molecular formula is C22H29IN2O5. The SMILES string of the molecule is COC(CN(C(=O)C1C(C)(C)C1(C)C)C1CC(=O)N(c2ccc(I)cc2)C1=O)OC. The average Bonchev–Trinajstić information content (AvgIpc) is 2.92.